The van der Waals surface area contributed by atoms with Gasteiger partial charge in [0, 0.05) is 17.8 Å². The second-order valence-corrected chi connectivity index (χ2v) is 7.92. The van der Waals surface area contributed by atoms with Crippen molar-refractivity contribution in [3.05, 3.63) is 97.5 Å². The fourth-order valence-corrected chi connectivity index (χ4v) is 3.32. The molecule has 0 atom stereocenters. The van der Waals surface area contributed by atoms with E-state index < -0.39 is 10.8 Å². The second kappa shape index (κ2) is 11.9. The topological polar surface area (TPSA) is 114 Å². The SMILES string of the molecule is CCOc1cc(/C=C(\C#N)C(=O)Nc2cccc([N+](=O)[O-])c2)ccc1OCc1ccc(Cl)c(Cl)c1. The van der Waals surface area contributed by atoms with Crippen LogP contribution in [0.2, 0.25) is 10.0 Å². The third-order valence-corrected chi connectivity index (χ3v) is 5.38. The molecule has 8 nitrogen and oxygen atoms in total. The molecular formula is C25H19Cl2N3O5. The molecule has 0 bridgehead atoms. The summed E-state index contributed by atoms with van der Waals surface area (Å²) in [4.78, 5) is 22.9. The maximum Gasteiger partial charge on any atom is 0.271 e. The van der Waals surface area contributed by atoms with E-state index >= 15 is 0 Å². The largest absolute Gasteiger partial charge is 0.490 e. The van der Waals surface area contributed by atoms with Gasteiger partial charge in [0.1, 0.15) is 18.2 Å². The molecule has 0 aromatic heterocycles. The lowest BCUT2D eigenvalue weighted by atomic mass is 10.1. The molecule has 1 amide bonds. The molecular weight excluding hydrogens is 493 g/mol. The quantitative estimate of drug-likeness (QED) is 0.153. The lowest BCUT2D eigenvalue weighted by Gasteiger charge is -2.13. The number of nitriles is 1. The number of non-ortho nitro benzene ring substituents is 1. The zero-order chi connectivity index (χ0) is 25.4. The lowest BCUT2D eigenvalue weighted by molar-refractivity contribution is -0.384. The minimum absolute atomic E-state index is 0.178. The third kappa shape index (κ3) is 6.96. The molecule has 10 heteroatoms. The van der Waals surface area contributed by atoms with Crippen LogP contribution in [-0.4, -0.2) is 17.4 Å². The summed E-state index contributed by atoms with van der Waals surface area (Å²) in [5.41, 5.74) is 1.18. The van der Waals surface area contributed by atoms with E-state index in [0.29, 0.717) is 33.7 Å². The minimum Gasteiger partial charge on any atom is -0.490 e. The molecule has 3 aromatic carbocycles. The number of nitrogens with zero attached hydrogens (tertiary/aromatic N) is 2. The Morgan fingerprint density at radius 3 is 2.57 bits per heavy atom. The minimum atomic E-state index is -0.703. The van der Waals surface area contributed by atoms with Crippen molar-refractivity contribution in [2.45, 2.75) is 13.5 Å². The first-order chi connectivity index (χ1) is 16.8. The van der Waals surface area contributed by atoms with Crippen LogP contribution in [0.4, 0.5) is 11.4 Å². The maximum atomic E-state index is 12.6. The molecule has 35 heavy (non-hydrogen) atoms. The predicted molar refractivity (Wildman–Crippen MR) is 134 cm³/mol. The molecule has 3 rings (SSSR count). The number of rotatable bonds is 9. The van der Waals surface area contributed by atoms with Crippen LogP contribution in [0.5, 0.6) is 11.5 Å². The number of halogens is 2. The summed E-state index contributed by atoms with van der Waals surface area (Å²) in [7, 11) is 0. The third-order valence-electron chi connectivity index (χ3n) is 4.64. The van der Waals surface area contributed by atoms with Gasteiger partial charge in [-0.05, 0) is 54.5 Å². The summed E-state index contributed by atoms with van der Waals surface area (Å²) >= 11 is 12.0. The van der Waals surface area contributed by atoms with Gasteiger partial charge in [-0.3, -0.25) is 14.9 Å². The number of ether oxygens (including phenoxy) is 2. The van der Waals surface area contributed by atoms with E-state index in [-0.39, 0.29) is 23.6 Å². The van der Waals surface area contributed by atoms with Crippen LogP contribution < -0.4 is 14.8 Å². The van der Waals surface area contributed by atoms with Gasteiger partial charge in [-0.1, -0.05) is 41.4 Å². The average Bonchev–Trinajstić information content (AvgIpc) is 2.84. The molecule has 0 aliphatic carbocycles. The van der Waals surface area contributed by atoms with E-state index in [1.54, 1.807) is 36.4 Å². The smallest absolute Gasteiger partial charge is 0.271 e. The van der Waals surface area contributed by atoms with Crippen molar-refractivity contribution in [3.8, 4) is 17.6 Å². The Kier molecular flexibility index (Phi) is 8.68. The highest BCUT2D eigenvalue weighted by Gasteiger charge is 2.14. The van der Waals surface area contributed by atoms with Crippen molar-refractivity contribution in [2.75, 3.05) is 11.9 Å². The van der Waals surface area contributed by atoms with Gasteiger partial charge in [0.05, 0.1) is 21.6 Å². The Morgan fingerprint density at radius 1 is 1.09 bits per heavy atom. The molecule has 0 saturated heterocycles. The summed E-state index contributed by atoms with van der Waals surface area (Å²) in [6, 6.07) is 17.5. The van der Waals surface area contributed by atoms with Crippen LogP contribution in [0.25, 0.3) is 6.08 Å². The van der Waals surface area contributed by atoms with Gasteiger partial charge in [-0.25, -0.2) is 0 Å². The number of anilines is 1. The normalized spacial score (nSPS) is 10.9. The molecule has 0 heterocycles. The van der Waals surface area contributed by atoms with E-state index in [4.69, 9.17) is 32.7 Å². The number of benzene rings is 3. The Labute approximate surface area is 211 Å². The maximum absolute atomic E-state index is 12.6. The zero-order valence-corrected chi connectivity index (χ0v) is 20.0. The number of amides is 1. The van der Waals surface area contributed by atoms with Gasteiger partial charge >= 0.3 is 0 Å². The first-order valence-electron chi connectivity index (χ1n) is 10.3. The molecule has 0 unspecified atom stereocenters. The second-order valence-electron chi connectivity index (χ2n) is 7.11. The van der Waals surface area contributed by atoms with Gasteiger partial charge in [-0.2, -0.15) is 5.26 Å². The number of carbonyl (C=O) groups is 1. The van der Waals surface area contributed by atoms with E-state index in [1.165, 1.54) is 30.3 Å². The van der Waals surface area contributed by atoms with Crippen molar-refractivity contribution in [1.29, 1.82) is 5.26 Å². The number of carbonyl (C=O) groups excluding carboxylic acids is 1. The van der Waals surface area contributed by atoms with E-state index in [9.17, 15) is 20.2 Å². The molecule has 178 valence electrons. The van der Waals surface area contributed by atoms with Crippen LogP contribution in [-0.2, 0) is 11.4 Å². The van der Waals surface area contributed by atoms with Crippen molar-refractivity contribution in [2.24, 2.45) is 0 Å². The highest BCUT2D eigenvalue weighted by molar-refractivity contribution is 6.42. The van der Waals surface area contributed by atoms with Gasteiger partial charge in [0.15, 0.2) is 11.5 Å². The van der Waals surface area contributed by atoms with Crippen LogP contribution in [0, 0.1) is 21.4 Å². The van der Waals surface area contributed by atoms with E-state index in [2.05, 4.69) is 5.32 Å². The van der Waals surface area contributed by atoms with Crippen molar-refractivity contribution in [1.82, 2.24) is 0 Å². The summed E-state index contributed by atoms with van der Waals surface area (Å²) in [5.74, 6) is 0.193. The first-order valence-corrected chi connectivity index (χ1v) is 11.1. The lowest BCUT2D eigenvalue weighted by Crippen LogP contribution is -2.13. The van der Waals surface area contributed by atoms with E-state index in [0.717, 1.165) is 5.56 Å². The number of nitrogens with one attached hydrogen (secondary N) is 1. The Hall–Kier alpha value is -4.06. The van der Waals surface area contributed by atoms with Crippen LogP contribution >= 0.6 is 23.2 Å². The summed E-state index contributed by atoms with van der Waals surface area (Å²) < 4.78 is 11.5. The van der Waals surface area contributed by atoms with Crippen molar-refractivity contribution >= 4 is 46.6 Å². The number of hydrogen-bond donors (Lipinski definition) is 1. The Bertz CT molecular complexity index is 1330. The standard InChI is InChI=1S/C25H19Cl2N3O5/c1-2-34-24-12-16(7-9-23(24)35-15-17-6-8-21(26)22(27)11-17)10-18(14-28)25(31)29-19-4-3-5-20(13-19)30(32)33/h3-13H,2,15H2,1H3,(H,29,31)/b18-10+. The van der Waals surface area contributed by atoms with Gasteiger partial charge in [-0.15, -0.1) is 0 Å². The molecule has 1 N–H and O–H groups in total. The highest BCUT2D eigenvalue weighted by atomic mass is 35.5. The number of nitro benzene ring substituents is 1. The molecule has 0 saturated carbocycles. The molecule has 0 radical (unpaired) electrons. The average molecular weight is 512 g/mol. The first kappa shape index (κ1) is 25.6. The van der Waals surface area contributed by atoms with E-state index in [1.807, 2.05) is 13.0 Å². The molecule has 0 aliphatic heterocycles. The Morgan fingerprint density at radius 2 is 1.89 bits per heavy atom. The molecule has 0 spiro atoms. The summed E-state index contributed by atoms with van der Waals surface area (Å²) in [5, 5.41) is 23.8. The van der Waals surface area contributed by atoms with Crippen molar-refractivity contribution < 1.29 is 19.2 Å². The zero-order valence-electron chi connectivity index (χ0n) is 18.5. The monoisotopic (exact) mass is 511 g/mol. The summed E-state index contributed by atoms with van der Waals surface area (Å²) in [6.07, 6.45) is 1.39. The van der Waals surface area contributed by atoms with Crippen LogP contribution in [0.1, 0.15) is 18.1 Å². The number of hydrogen-bond acceptors (Lipinski definition) is 6. The van der Waals surface area contributed by atoms with Gasteiger partial charge < -0.3 is 14.8 Å². The molecule has 3 aromatic rings. The fourth-order valence-electron chi connectivity index (χ4n) is 3.00. The fraction of sp³-hybridized carbons (Fsp3) is 0.120. The molecule has 0 fully saturated rings. The van der Waals surface area contributed by atoms with Crippen LogP contribution in [0.3, 0.4) is 0 Å². The molecule has 0 aliphatic rings. The van der Waals surface area contributed by atoms with Crippen LogP contribution in [0.15, 0.2) is 66.2 Å². The van der Waals surface area contributed by atoms with Gasteiger partial charge in [0.2, 0.25) is 0 Å². The van der Waals surface area contributed by atoms with Gasteiger partial charge in [0.25, 0.3) is 11.6 Å². The highest BCUT2D eigenvalue weighted by Crippen LogP contribution is 2.31. The summed E-state index contributed by atoms with van der Waals surface area (Å²) in [6.45, 7) is 2.41. The Balaban J connectivity index is 1.78. The number of nitro groups is 1. The van der Waals surface area contributed by atoms with Crippen molar-refractivity contribution in [3.63, 3.8) is 0 Å². The predicted octanol–water partition coefficient (Wildman–Crippen LogP) is 6.42.